The topological polar surface area (TPSA) is 79.4 Å². The van der Waals surface area contributed by atoms with Crippen LogP contribution in [0.1, 0.15) is 24.0 Å². The molecular formula is C20H21N3O3S2. The number of nitrogens with zero attached hydrogens (tertiary/aromatic N) is 2. The second kappa shape index (κ2) is 7.27. The van der Waals surface area contributed by atoms with E-state index in [-0.39, 0.29) is 10.8 Å². The summed E-state index contributed by atoms with van der Waals surface area (Å²) in [7, 11) is -3.72. The number of amides is 1. The molecular weight excluding hydrogens is 394 g/mol. The number of benzene rings is 2. The summed E-state index contributed by atoms with van der Waals surface area (Å²) in [5.74, 6) is -0.329. The molecule has 146 valence electrons. The van der Waals surface area contributed by atoms with Crippen molar-refractivity contribution in [2.45, 2.75) is 37.6 Å². The molecule has 1 atom stereocenters. The number of fused-ring (bicyclic) bond motifs is 1. The Morgan fingerprint density at radius 3 is 2.64 bits per heavy atom. The molecule has 28 heavy (non-hydrogen) atoms. The Morgan fingerprint density at radius 1 is 1.18 bits per heavy atom. The van der Waals surface area contributed by atoms with Gasteiger partial charge in [-0.25, -0.2) is 13.4 Å². The van der Waals surface area contributed by atoms with Crippen molar-refractivity contribution in [1.29, 1.82) is 0 Å². The molecule has 1 amide bonds. The van der Waals surface area contributed by atoms with Crippen molar-refractivity contribution in [2.75, 3.05) is 11.9 Å². The van der Waals surface area contributed by atoms with Crippen LogP contribution in [0.2, 0.25) is 0 Å². The number of nitrogens with one attached hydrogen (secondary N) is 1. The minimum Gasteiger partial charge on any atom is -0.301 e. The zero-order valence-corrected chi connectivity index (χ0v) is 17.3. The van der Waals surface area contributed by atoms with E-state index in [0.29, 0.717) is 24.5 Å². The molecule has 1 aliphatic heterocycles. The van der Waals surface area contributed by atoms with Gasteiger partial charge in [0.1, 0.15) is 6.04 Å². The third-order valence-corrected chi connectivity index (χ3v) is 7.84. The minimum absolute atomic E-state index is 0.216. The predicted octanol–water partition coefficient (Wildman–Crippen LogP) is 3.70. The molecule has 0 aliphatic carbocycles. The van der Waals surface area contributed by atoms with Crippen LogP contribution < -0.4 is 5.32 Å². The van der Waals surface area contributed by atoms with Crippen molar-refractivity contribution in [1.82, 2.24) is 9.29 Å². The normalized spacial score (nSPS) is 17.9. The molecule has 8 heteroatoms. The standard InChI is InChI=1S/C20H21N3O3S2/c1-13-8-10-15(11-9-13)28(25,26)23-12-4-6-16(23)19(24)22-20-21-18-14(2)5-3-7-17(18)27-20/h3,5,7-11,16H,4,6,12H2,1-2H3,(H,21,22,24). The van der Waals surface area contributed by atoms with Crippen LogP contribution in [0.3, 0.4) is 0 Å². The zero-order chi connectivity index (χ0) is 19.9. The number of hydrogen-bond acceptors (Lipinski definition) is 5. The van der Waals surface area contributed by atoms with E-state index in [2.05, 4.69) is 10.3 Å². The summed E-state index contributed by atoms with van der Waals surface area (Å²) in [6, 6.07) is 11.9. The molecule has 6 nitrogen and oxygen atoms in total. The van der Waals surface area contributed by atoms with Gasteiger partial charge in [-0.2, -0.15) is 4.31 Å². The third-order valence-electron chi connectivity index (χ3n) is 4.98. The Bertz CT molecular complexity index is 1140. The molecule has 3 aromatic rings. The highest BCUT2D eigenvalue weighted by molar-refractivity contribution is 7.89. The van der Waals surface area contributed by atoms with E-state index in [9.17, 15) is 13.2 Å². The Morgan fingerprint density at radius 2 is 1.93 bits per heavy atom. The fourth-order valence-electron chi connectivity index (χ4n) is 3.46. The second-order valence-corrected chi connectivity index (χ2v) is 9.94. The van der Waals surface area contributed by atoms with Crippen LogP contribution in [0.5, 0.6) is 0 Å². The van der Waals surface area contributed by atoms with Gasteiger partial charge < -0.3 is 5.32 Å². The first-order valence-corrected chi connectivity index (χ1v) is 11.4. The SMILES string of the molecule is Cc1ccc(S(=O)(=O)N2CCCC2C(=O)Nc2nc3c(C)cccc3s2)cc1. The molecule has 0 bridgehead atoms. The highest BCUT2D eigenvalue weighted by atomic mass is 32.2. The maximum atomic E-state index is 13.0. The quantitative estimate of drug-likeness (QED) is 0.705. The average molecular weight is 416 g/mol. The lowest BCUT2D eigenvalue weighted by Gasteiger charge is -2.23. The summed E-state index contributed by atoms with van der Waals surface area (Å²) in [6.45, 7) is 4.22. The summed E-state index contributed by atoms with van der Waals surface area (Å²) < 4.78 is 28.4. The summed E-state index contributed by atoms with van der Waals surface area (Å²) in [5, 5.41) is 3.32. The van der Waals surface area contributed by atoms with Gasteiger partial charge in [0, 0.05) is 6.54 Å². The summed E-state index contributed by atoms with van der Waals surface area (Å²) in [5.41, 5.74) is 2.89. The fraction of sp³-hybridized carbons (Fsp3) is 0.300. The number of rotatable bonds is 4. The first kappa shape index (κ1) is 19.0. The molecule has 1 aliphatic rings. The second-order valence-electron chi connectivity index (χ2n) is 7.02. The molecule has 0 radical (unpaired) electrons. The lowest BCUT2D eigenvalue weighted by molar-refractivity contribution is -0.119. The van der Waals surface area contributed by atoms with Crippen molar-refractivity contribution >= 4 is 42.6 Å². The molecule has 1 fully saturated rings. The monoisotopic (exact) mass is 415 g/mol. The summed E-state index contributed by atoms with van der Waals surface area (Å²) >= 11 is 1.39. The Labute approximate surface area is 168 Å². The van der Waals surface area contributed by atoms with Crippen LogP contribution in [0.4, 0.5) is 5.13 Å². The number of hydrogen-bond donors (Lipinski definition) is 1. The number of carbonyl (C=O) groups excluding carboxylic acids is 1. The van der Waals surface area contributed by atoms with Gasteiger partial charge in [-0.15, -0.1) is 0 Å². The molecule has 1 saturated heterocycles. The summed E-state index contributed by atoms with van der Waals surface area (Å²) in [4.78, 5) is 17.6. The van der Waals surface area contributed by atoms with E-state index in [1.165, 1.54) is 15.6 Å². The smallest absolute Gasteiger partial charge is 0.244 e. The maximum absolute atomic E-state index is 13.0. The van der Waals surface area contributed by atoms with Gasteiger partial charge in [-0.05, 0) is 50.5 Å². The first-order chi connectivity index (χ1) is 13.4. The van der Waals surface area contributed by atoms with Crippen molar-refractivity contribution in [3.63, 3.8) is 0 Å². The van der Waals surface area contributed by atoms with Crippen molar-refractivity contribution in [3.8, 4) is 0 Å². The van der Waals surface area contributed by atoms with Crippen LogP contribution in [0.25, 0.3) is 10.2 Å². The third kappa shape index (κ3) is 3.43. The van der Waals surface area contributed by atoms with Crippen molar-refractivity contribution in [3.05, 3.63) is 53.6 Å². The van der Waals surface area contributed by atoms with E-state index < -0.39 is 16.1 Å². The van der Waals surface area contributed by atoms with Gasteiger partial charge in [-0.1, -0.05) is 41.2 Å². The molecule has 0 saturated carbocycles. The largest absolute Gasteiger partial charge is 0.301 e. The Hall–Kier alpha value is -2.29. The van der Waals surface area contributed by atoms with Gasteiger partial charge in [0.25, 0.3) is 0 Å². The number of para-hydroxylation sites is 1. The van der Waals surface area contributed by atoms with Gasteiger partial charge in [0.2, 0.25) is 15.9 Å². The fourth-order valence-corrected chi connectivity index (χ4v) is 6.07. The van der Waals surface area contributed by atoms with E-state index in [1.54, 1.807) is 24.3 Å². The number of thiazole rings is 1. The Balaban J connectivity index is 1.57. The van der Waals surface area contributed by atoms with E-state index >= 15 is 0 Å². The van der Waals surface area contributed by atoms with E-state index in [0.717, 1.165) is 21.3 Å². The lowest BCUT2D eigenvalue weighted by atomic mass is 10.2. The van der Waals surface area contributed by atoms with Crippen LogP contribution in [0, 0.1) is 13.8 Å². The van der Waals surface area contributed by atoms with Crippen molar-refractivity contribution < 1.29 is 13.2 Å². The number of aryl methyl sites for hydroxylation is 2. The molecule has 4 rings (SSSR count). The number of anilines is 1. The number of aromatic nitrogens is 1. The minimum atomic E-state index is -3.72. The number of carbonyl (C=O) groups is 1. The first-order valence-electron chi connectivity index (χ1n) is 9.12. The molecule has 2 heterocycles. The van der Waals surface area contributed by atoms with Crippen LogP contribution >= 0.6 is 11.3 Å². The van der Waals surface area contributed by atoms with Gasteiger partial charge >= 0.3 is 0 Å². The summed E-state index contributed by atoms with van der Waals surface area (Å²) in [6.07, 6.45) is 1.16. The molecule has 1 aromatic heterocycles. The predicted molar refractivity (Wildman–Crippen MR) is 111 cm³/mol. The van der Waals surface area contributed by atoms with Gasteiger partial charge in [0.05, 0.1) is 15.1 Å². The van der Waals surface area contributed by atoms with Crippen LogP contribution in [-0.4, -0.2) is 36.2 Å². The van der Waals surface area contributed by atoms with Crippen molar-refractivity contribution in [2.24, 2.45) is 0 Å². The van der Waals surface area contributed by atoms with Gasteiger partial charge in [0.15, 0.2) is 5.13 Å². The highest BCUT2D eigenvalue weighted by Crippen LogP contribution is 2.30. The molecule has 0 spiro atoms. The van der Waals surface area contributed by atoms with E-state index in [1.807, 2.05) is 32.0 Å². The molecule has 2 aromatic carbocycles. The molecule has 1 unspecified atom stereocenters. The average Bonchev–Trinajstić information content (AvgIpc) is 3.30. The lowest BCUT2D eigenvalue weighted by Crippen LogP contribution is -2.43. The van der Waals surface area contributed by atoms with Gasteiger partial charge in [-0.3, -0.25) is 4.79 Å². The zero-order valence-electron chi connectivity index (χ0n) is 15.7. The highest BCUT2D eigenvalue weighted by Gasteiger charge is 2.39. The van der Waals surface area contributed by atoms with E-state index in [4.69, 9.17) is 0 Å². The maximum Gasteiger partial charge on any atom is 0.244 e. The van der Waals surface area contributed by atoms with Crippen LogP contribution in [-0.2, 0) is 14.8 Å². The molecule has 1 N–H and O–H groups in total. The van der Waals surface area contributed by atoms with Crippen LogP contribution in [0.15, 0.2) is 47.4 Å². The number of sulfonamides is 1. The Kier molecular flexibility index (Phi) is 4.95.